The van der Waals surface area contributed by atoms with Crippen LogP contribution in [0.1, 0.15) is 77.0 Å². The summed E-state index contributed by atoms with van der Waals surface area (Å²) in [5.41, 5.74) is 1.68. The Morgan fingerprint density at radius 1 is 1.07 bits per heavy atom. The van der Waals surface area contributed by atoms with Crippen LogP contribution < -0.4 is 4.72 Å². The Morgan fingerprint density at radius 3 is 2.22 bits per heavy atom. The summed E-state index contributed by atoms with van der Waals surface area (Å²) in [5.74, 6) is 1.87. The van der Waals surface area contributed by atoms with Crippen LogP contribution in [0.15, 0.2) is 30.3 Å². The van der Waals surface area contributed by atoms with Gasteiger partial charge >= 0.3 is 0 Å². The van der Waals surface area contributed by atoms with Crippen LogP contribution in [0.25, 0.3) is 0 Å². The van der Waals surface area contributed by atoms with Gasteiger partial charge in [0.15, 0.2) is 0 Å². The lowest BCUT2D eigenvalue weighted by Gasteiger charge is -2.61. The molecule has 0 aromatic heterocycles. The first-order valence-electron chi connectivity index (χ1n) is 10.6. The third-order valence-electron chi connectivity index (χ3n) is 7.34. The molecular weight excluding hydrogens is 354 g/mol. The van der Waals surface area contributed by atoms with Crippen LogP contribution in [-0.2, 0) is 10.0 Å². The molecule has 0 aliphatic heterocycles. The number of hydrogen-bond acceptors (Lipinski definition) is 2. The number of rotatable bonds is 5. The molecule has 2 unspecified atom stereocenters. The molecule has 27 heavy (non-hydrogen) atoms. The van der Waals surface area contributed by atoms with Crippen molar-refractivity contribution >= 4 is 10.0 Å². The number of sulfonamides is 1. The summed E-state index contributed by atoms with van der Waals surface area (Å²) in [6.45, 7) is 8.88. The first-order chi connectivity index (χ1) is 12.6. The van der Waals surface area contributed by atoms with Crippen LogP contribution in [0, 0.1) is 28.6 Å². The van der Waals surface area contributed by atoms with Crippen molar-refractivity contribution in [2.24, 2.45) is 28.6 Å². The van der Waals surface area contributed by atoms with Crippen LogP contribution in [0.4, 0.5) is 0 Å². The zero-order chi connectivity index (χ0) is 19.4. The Morgan fingerprint density at radius 2 is 1.67 bits per heavy atom. The molecule has 0 heterocycles. The largest absolute Gasteiger partial charge is 0.218 e. The minimum Gasteiger partial charge on any atom is -0.212 e. The molecule has 5 rings (SSSR count). The van der Waals surface area contributed by atoms with E-state index in [0.29, 0.717) is 22.7 Å². The van der Waals surface area contributed by atoms with Crippen molar-refractivity contribution in [1.82, 2.24) is 4.72 Å². The molecule has 4 saturated carbocycles. The predicted molar refractivity (Wildman–Crippen MR) is 111 cm³/mol. The fraction of sp³-hybridized carbons (Fsp3) is 0.739. The standard InChI is InChI=1S/C23H35NO2S/c1-16(18-8-6-5-7-9-18)27(25,26)24-21-19-10-17-11-20(21)14-23(12-17,13-19)15-22(2,3)4/h5-9,16-17,19-21,24H,10-15H2,1-4H3/t16-,17?,19?,20?,21?,23?/m1/s1. The summed E-state index contributed by atoms with van der Waals surface area (Å²) in [5, 5.41) is -0.501. The van der Waals surface area contributed by atoms with Crippen molar-refractivity contribution in [3.05, 3.63) is 35.9 Å². The van der Waals surface area contributed by atoms with Crippen molar-refractivity contribution < 1.29 is 8.42 Å². The van der Waals surface area contributed by atoms with E-state index < -0.39 is 15.3 Å². The van der Waals surface area contributed by atoms with Gasteiger partial charge in [0.1, 0.15) is 0 Å². The highest BCUT2D eigenvalue weighted by molar-refractivity contribution is 7.89. The van der Waals surface area contributed by atoms with Crippen molar-refractivity contribution in [3.8, 4) is 0 Å². The molecule has 1 aromatic rings. The van der Waals surface area contributed by atoms with Gasteiger partial charge in [-0.2, -0.15) is 0 Å². The second-order valence-corrected chi connectivity index (χ2v) is 13.0. The smallest absolute Gasteiger partial charge is 0.212 e. The molecule has 0 amide bonds. The van der Waals surface area contributed by atoms with E-state index in [9.17, 15) is 8.42 Å². The van der Waals surface area contributed by atoms with E-state index in [1.165, 1.54) is 38.5 Å². The highest BCUT2D eigenvalue weighted by atomic mass is 32.2. The molecule has 4 heteroatoms. The lowest BCUT2D eigenvalue weighted by molar-refractivity contribution is -0.0882. The predicted octanol–water partition coefficient (Wildman–Crippen LogP) is 5.30. The second-order valence-electron chi connectivity index (χ2n) is 10.9. The summed E-state index contributed by atoms with van der Waals surface area (Å²) >= 11 is 0. The van der Waals surface area contributed by atoms with Crippen molar-refractivity contribution in [2.45, 2.75) is 77.5 Å². The Hall–Kier alpha value is -0.870. The SMILES string of the molecule is C[C@H](c1ccccc1)S(=O)(=O)NC1C2CC3CC1CC(CC(C)(C)C)(C3)C2. The Balaban J connectivity index is 1.52. The van der Waals surface area contributed by atoms with E-state index in [4.69, 9.17) is 0 Å². The Bertz CT molecular complexity index is 764. The molecule has 3 atom stereocenters. The van der Waals surface area contributed by atoms with E-state index >= 15 is 0 Å². The van der Waals surface area contributed by atoms with Crippen LogP contribution in [0.3, 0.4) is 0 Å². The maximum atomic E-state index is 13.1. The normalized spacial score (nSPS) is 36.7. The van der Waals surface area contributed by atoms with E-state index in [-0.39, 0.29) is 6.04 Å². The maximum Gasteiger partial charge on any atom is 0.218 e. The summed E-state index contributed by atoms with van der Waals surface area (Å²) in [4.78, 5) is 0. The fourth-order valence-corrected chi connectivity index (χ4v) is 8.41. The second kappa shape index (κ2) is 6.59. The van der Waals surface area contributed by atoms with Crippen LogP contribution in [-0.4, -0.2) is 14.5 Å². The minimum atomic E-state index is -3.36. The number of benzene rings is 1. The molecule has 4 bridgehead atoms. The van der Waals surface area contributed by atoms with Crippen LogP contribution in [0.2, 0.25) is 0 Å². The van der Waals surface area contributed by atoms with Gasteiger partial charge in [-0.1, -0.05) is 51.1 Å². The van der Waals surface area contributed by atoms with Gasteiger partial charge in [0.05, 0.1) is 5.25 Å². The third kappa shape index (κ3) is 3.85. The van der Waals surface area contributed by atoms with Gasteiger partial charge < -0.3 is 0 Å². The van der Waals surface area contributed by atoms with E-state index in [2.05, 4.69) is 25.5 Å². The number of hydrogen-bond donors (Lipinski definition) is 1. The van der Waals surface area contributed by atoms with Crippen LogP contribution >= 0.6 is 0 Å². The summed E-state index contributed by atoms with van der Waals surface area (Å²) in [7, 11) is -3.36. The van der Waals surface area contributed by atoms with Gasteiger partial charge in [0.25, 0.3) is 0 Å². The van der Waals surface area contributed by atoms with Gasteiger partial charge in [-0.25, -0.2) is 13.1 Å². The molecule has 0 radical (unpaired) electrons. The monoisotopic (exact) mass is 389 g/mol. The first kappa shape index (κ1) is 19.4. The molecule has 1 aromatic carbocycles. The average molecular weight is 390 g/mol. The molecule has 150 valence electrons. The van der Waals surface area contributed by atoms with Gasteiger partial charge in [0, 0.05) is 6.04 Å². The zero-order valence-electron chi connectivity index (χ0n) is 17.2. The van der Waals surface area contributed by atoms with Gasteiger partial charge in [-0.3, -0.25) is 0 Å². The topological polar surface area (TPSA) is 46.2 Å². The highest BCUT2D eigenvalue weighted by Gasteiger charge is 2.56. The van der Waals surface area contributed by atoms with E-state index in [1.54, 1.807) is 0 Å². The number of nitrogens with one attached hydrogen (secondary N) is 1. The molecular formula is C23H35NO2S. The van der Waals surface area contributed by atoms with E-state index in [1.807, 2.05) is 37.3 Å². The molecule has 4 aliphatic rings. The van der Waals surface area contributed by atoms with Crippen molar-refractivity contribution in [3.63, 3.8) is 0 Å². The Labute approximate surface area is 165 Å². The maximum absolute atomic E-state index is 13.1. The molecule has 4 fully saturated rings. The molecule has 0 saturated heterocycles. The summed E-state index contributed by atoms with van der Waals surface area (Å²) in [6.07, 6.45) is 7.51. The molecule has 0 spiro atoms. The Kier molecular flexibility index (Phi) is 4.74. The highest BCUT2D eigenvalue weighted by Crippen LogP contribution is 2.63. The third-order valence-corrected chi connectivity index (χ3v) is 9.14. The lowest BCUT2D eigenvalue weighted by atomic mass is 9.46. The van der Waals surface area contributed by atoms with Gasteiger partial charge in [-0.15, -0.1) is 0 Å². The summed E-state index contributed by atoms with van der Waals surface area (Å²) in [6, 6.07) is 9.74. The fourth-order valence-electron chi connectivity index (χ4n) is 6.92. The van der Waals surface area contributed by atoms with Crippen LogP contribution in [0.5, 0.6) is 0 Å². The quantitative estimate of drug-likeness (QED) is 0.743. The molecule has 1 N–H and O–H groups in total. The van der Waals surface area contributed by atoms with Gasteiger partial charge in [-0.05, 0) is 79.6 Å². The molecule has 4 aliphatic carbocycles. The first-order valence-corrected chi connectivity index (χ1v) is 12.2. The minimum absolute atomic E-state index is 0.144. The lowest BCUT2D eigenvalue weighted by Crippen LogP contribution is -2.59. The summed E-state index contributed by atoms with van der Waals surface area (Å²) < 4.78 is 29.4. The van der Waals surface area contributed by atoms with Crippen molar-refractivity contribution in [1.29, 1.82) is 0 Å². The average Bonchev–Trinajstić information content (AvgIpc) is 2.55. The van der Waals surface area contributed by atoms with Gasteiger partial charge in [0.2, 0.25) is 10.0 Å². The molecule has 3 nitrogen and oxygen atoms in total. The van der Waals surface area contributed by atoms with E-state index in [0.717, 1.165) is 11.5 Å². The van der Waals surface area contributed by atoms with Crippen molar-refractivity contribution in [2.75, 3.05) is 0 Å². The zero-order valence-corrected chi connectivity index (χ0v) is 18.1.